The van der Waals surface area contributed by atoms with Crippen molar-refractivity contribution in [2.24, 2.45) is 5.73 Å². The van der Waals surface area contributed by atoms with E-state index in [1.54, 1.807) is 0 Å². The quantitative estimate of drug-likeness (QED) is 0.576. The normalized spacial score (nSPS) is 22.1. The zero-order valence-electron chi connectivity index (χ0n) is 10.4. The van der Waals surface area contributed by atoms with E-state index in [2.05, 4.69) is 22.2 Å². The van der Waals surface area contributed by atoms with Crippen LogP contribution in [0.5, 0.6) is 0 Å². The number of hydrogen-bond acceptors (Lipinski definition) is 5. The van der Waals surface area contributed by atoms with Gasteiger partial charge in [-0.3, -0.25) is 9.69 Å². The van der Waals surface area contributed by atoms with Crippen LogP contribution in [0.2, 0.25) is 0 Å². The molecule has 0 radical (unpaired) electrons. The first kappa shape index (κ1) is 13.9. The molecular weight excluding hydrogens is 218 g/mol. The third-order valence-electron chi connectivity index (χ3n) is 2.99. The number of nitrogens with zero attached hydrogens (tertiary/aromatic N) is 3. The van der Waals surface area contributed by atoms with E-state index in [1.807, 2.05) is 6.07 Å². The largest absolute Gasteiger partial charge is 0.354 e. The Morgan fingerprint density at radius 1 is 1.59 bits per heavy atom. The number of rotatable bonds is 5. The molecule has 1 amide bonds. The van der Waals surface area contributed by atoms with E-state index in [0.29, 0.717) is 26.1 Å². The van der Waals surface area contributed by atoms with E-state index in [4.69, 9.17) is 11.0 Å². The lowest BCUT2D eigenvalue weighted by atomic mass is 10.1. The van der Waals surface area contributed by atoms with Crippen LogP contribution in [0.3, 0.4) is 0 Å². The molecule has 1 saturated heterocycles. The van der Waals surface area contributed by atoms with Gasteiger partial charge in [0.15, 0.2) is 0 Å². The summed E-state index contributed by atoms with van der Waals surface area (Å²) in [6.07, 6.45) is 0.356. The number of carbonyl (C=O) groups is 1. The molecule has 0 aromatic rings. The molecule has 1 atom stereocenters. The summed E-state index contributed by atoms with van der Waals surface area (Å²) >= 11 is 0. The highest BCUT2D eigenvalue weighted by atomic mass is 16.2. The van der Waals surface area contributed by atoms with Crippen molar-refractivity contribution in [1.82, 2.24) is 15.1 Å². The van der Waals surface area contributed by atoms with Gasteiger partial charge in [0.05, 0.1) is 19.0 Å². The molecule has 1 fully saturated rings. The fraction of sp³-hybridized carbons (Fsp3) is 0.818. The zero-order chi connectivity index (χ0) is 12.7. The lowest BCUT2D eigenvalue weighted by molar-refractivity contribution is -0.123. The van der Waals surface area contributed by atoms with Crippen molar-refractivity contribution in [3.63, 3.8) is 0 Å². The minimum absolute atomic E-state index is 0.0248. The van der Waals surface area contributed by atoms with Crippen LogP contribution in [0.25, 0.3) is 0 Å². The van der Waals surface area contributed by atoms with E-state index in [0.717, 1.165) is 19.6 Å². The first-order chi connectivity index (χ1) is 8.17. The van der Waals surface area contributed by atoms with Crippen molar-refractivity contribution in [2.75, 3.05) is 46.3 Å². The molecule has 1 aliphatic rings. The molecule has 1 unspecified atom stereocenters. The molecule has 0 spiro atoms. The highest BCUT2D eigenvalue weighted by molar-refractivity contribution is 5.78. The second-order valence-electron chi connectivity index (χ2n) is 4.38. The Morgan fingerprint density at radius 2 is 2.35 bits per heavy atom. The summed E-state index contributed by atoms with van der Waals surface area (Å²) in [5, 5.41) is 11.1. The molecule has 0 bridgehead atoms. The van der Waals surface area contributed by atoms with Crippen molar-refractivity contribution < 1.29 is 4.79 Å². The summed E-state index contributed by atoms with van der Waals surface area (Å²) in [4.78, 5) is 15.9. The van der Waals surface area contributed by atoms with Gasteiger partial charge in [-0.2, -0.15) is 5.26 Å². The summed E-state index contributed by atoms with van der Waals surface area (Å²) in [5.41, 5.74) is 5.71. The topological polar surface area (TPSA) is 85.4 Å². The maximum atomic E-state index is 11.6. The van der Waals surface area contributed by atoms with Crippen LogP contribution < -0.4 is 11.1 Å². The number of nitrogens with one attached hydrogen (secondary N) is 1. The average Bonchev–Trinajstić information content (AvgIpc) is 2.32. The van der Waals surface area contributed by atoms with E-state index < -0.39 is 0 Å². The minimum Gasteiger partial charge on any atom is -0.354 e. The predicted molar refractivity (Wildman–Crippen MR) is 65.2 cm³/mol. The van der Waals surface area contributed by atoms with Gasteiger partial charge in [-0.1, -0.05) is 0 Å². The number of likely N-dealkylation sites (N-methyl/N-ethyl adjacent to an activating group) is 1. The van der Waals surface area contributed by atoms with Gasteiger partial charge in [0.1, 0.15) is 0 Å². The van der Waals surface area contributed by atoms with E-state index >= 15 is 0 Å². The molecule has 0 saturated carbocycles. The summed E-state index contributed by atoms with van der Waals surface area (Å²) in [5.74, 6) is -0.0248. The summed E-state index contributed by atoms with van der Waals surface area (Å²) in [7, 11) is 2.06. The second kappa shape index (κ2) is 7.22. The molecular formula is C11H21N5O. The standard InChI is InChI=1S/C11H21N5O/c1-15-5-6-16(10(7-13)8-15)9-11(17)14-4-2-3-12/h10H,2,4-9,13H2,1H3,(H,14,17). The summed E-state index contributed by atoms with van der Waals surface area (Å²) < 4.78 is 0. The van der Waals surface area contributed by atoms with Crippen LogP contribution in [0.1, 0.15) is 6.42 Å². The van der Waals surface area contributed by atoms with Gasteiger partial charge in [0.25, 0.3) is 0 Å². The van der Waals surface area contributed by atoms with Crippen LogP contribution in [-0.2, 0) is 4.79 Å². The third kappa shape index (κ3) is 4.69. The number of amides is 1. The number of nitriles is 1. The highest BCUT2D eigenvalue weighted by Gasteiger charge is 2.25. The SMILES string of the molecule is CN1CCN(CC(=O)NCCC#N)C(CN)C1. The highest BCUT2D eigenvalue weighted by Crippen LogP contribution is 2.06. The van der Waals surface area contributed by atoms with Gasteiger partial charge in [0.2, 0.25) is 5.91 Å². The van der Waals surface area contributed by atoms with Gasteiger partial charge in [-0.25, -0.2) is 0 Å². The molecule has 3 N–H and O–H groups in total. The Hall–Kier alpha value is -1.16. The van der Waals surface area contributed by atoms with Crippen molar-refractivity contribution in [1.29, 1.82) is 5.26 Å². The van der Waals surface area contributed by atoms with Crippen molar-refractivity contribution in [3.05, 3.63) is 0 Å². The Kier molecular flexibility index (Phi) is 5.91. The Morgan fingerprint density at radius 3 is 3.00 bits per heavy atom. The minimum atomic E-state index is -0.0248. The molecule has 6 heteroatoms. The lowest BCUT2D eigenvalue weighted by Crippen LogP contribution is -2.56. The Bertz CT molecular complexity index is 288. The van der Waals surface area contributed by atoms with Crippen LogP contribution in [-0.4, -0.2) is 68.1 Å². The molecule has 96 valence electrons. The van der Waals surface area contributed by atoms with Gasteiger partial charge >= 0.3 is 0 Å². The van der Waals surface area contributed by atoms with Crippen LogP contribution in [0.4, 0.5) is 0 Å². The first-order valence-electron chi connectivity index (χ1n) is 5.93. The fourth-order valence-electron chi connectivity index (χ4n) is 1.98. The first-order valence-corrected chi connectivity index (χ1v) is 5.93. The fourth-order valence-corrected chi connectivity index (χ4v) is 1.98. The zero-order valence-corrected chi connectivity index (χ0v) is 10.4. The smallest absolute Gasteiger partial charge is 0.234 e. The monoisotopic (exact) mass is 239 g/mol. The predicted octanol–water partition coefficient (Wildman–Crippen LogP) is -1.41. The molecule has 1 heterocycles. The molecule has 6 nitrogen and oxygen atoms in total. The van der Waals surface area contributed by atoms with E-state index in [9.17, 15) is 4.79 Å². The van der Waals surface area contributed by atoms with Crippen molar-refractivity contribution >= 4 is 5.91 Å². The molecule has 1 aliphatic heterocycles. The van der Waals surface area contributed by atoms with Crippen LogP contribution in [0.15, 0.2) is 0 Å². The number of hydrogen-bond donors (Lipinski definition) is 2. The van der Waals surface area contributed by atoms with Gasteiger partial charge in [-0.15, -0.1) is 0 Å². The number of piperazine rings is 1. The molecule has 0 aromatic heterocycles. The number of carbonyl (C=O) groups excluding carboxylic acids is 1. The van der Waals surface area contributed by atoms with Crippen molar-refractivity contribution in [3.8, 4) is 6.07 Å². The van der Waals surface area contributed by atoms with Gasteiger partial charge in [0, 0.05) is 38.8 Å². The van der Waals surface area contributed by atoms with E-state index in [1.165, 1.54) is 0 Å². The van der Waals surface area contributed by atoms with Crippen molar-refractivity contribution in [2.45, 2.75) is 12.5 Å². The maximum absolute atomic E-state index is 11.6. The Labute approximate surface area is 102 Å². The molecule has 0 aromatic carbocycles. The lowest BCUT2D eigenvalue weighted by Gasteiger charge is -2.39. The number of nitrogens with two attached hydrogens (primary N) is 1. The average molecular weight is 239 g/mol. The summed E-state index contributed by atoms with van der Waals surface area (Å²) in [6.45, 7) is 4.10. The second-order valence-corrected chi connectivity index (χ2v) is 4.38. The van der Waals surface area contributed by atoms with Gasteiger partial charge < -0.3 is 16.0 Å². The molecule has 0 aliphatic carbocycles. The molecule has 17 heavy (non-hydrogen) atoms. The maximum Gasteiger partial charge on any atom is 0.234 e. The van der Waals surface area contributed by atoms with Gasteiger partial charge in [-0.05, 0) is 7.05 Å². The van der Waals surface area contributed by atoms with Crippen LogP contribution >= 0.6 is 0 Å². The van der Waals surface area contributed by atoms with E-state index in [-0.39, 0.29) is 11.9 Å². The Balaban J connectivity index is 2.34. The molecule has 1 rings (SSSR count). The van der Waals surface area contributed by atoms with Crippen LogP contribution in [0, 0.1) is 11.3 Å². The summed E-state index contributed by atoms with van der Waals surface area (Å²) in [6, 6.07) is 2.24. The third-order valence-corrected chi connectivity index (χ3v) is 2.99.